The number of hydrogen-bond acceptors (Lipinski definition) is 6. The van der Waals surface area contributed by atoms with Crippen LogP contribution in [0.5, 0.6) is 28.7 Å². The Hall–Kier alpha value is -3.42. The second kappa shape index (κ2) is 14.5. The van der Waals surface area contributed by atoms with Gasteiger partial charge in [-0.15, -0.1) is 0 Å². The molecule has 0 radical (unpaired) electrons. The van der Waals surface area contributed by atoms with Crippen LogP contribution in [0, 0.1) is 0 Å². The van der Waals surface area contributed by atoms with E-state index >= 15 is 0 Å². The number of benzene rings is 4. The molecule has 0 amide bonds. The molecule has 1 atom stereocenters. The molecule has 0 aliphatic heterocycles. The van der Waals surface area contributed by atoms with Gasteiger partial charge < -0.3 is 23.7 Å². The van der Waals surface area contributed by atoms with Gasteiger partial charge >= 0.3 is 18.9 Å². The van der Waals surface area contributed by atoms with E-state index in [4.69, 9.17) is 23.7 Å². The van der Waals surface area contributed by atoms with Crippen molar-refractivity contribution in [1.82, 2.24) is 0 Å². The first-order valence-corrected chi connectivity index (χ1v) is 12.7. The predicted molar refractivity (Wildman–Crippen MR) is 154 cm³/mol. The normalized spacial score (nSPS) is 10.5. The van der Waals surface area contributed by atoms with Crippen molar-refractivity contribution in [3.05, 3.63) is 108 Å². The molecule has 0 aliphatic carbocycles. The summed E-state index contributed by atoms with van der Waals surface area (Å²) < 4.78 is 28.5. The summed E-state index contributed by atoms with van der Waals surface area (Å²) in [4.78, 5) is 13.5. The summed E-state index contributed by atoms with van der Waals surface area (Å²) in [6, 6.07) is 28.7. The number of ether oxygens (including phenoxy) is 5. The molecule has 8 heteroatoms. The van der Waals surface area contributed by atoms with E-state index in [0.717, 1.165) is 16.4 Å². The van der Waals surface area contributed by atoms with Crippen molar-refractivity contribution in [1.29, 1.82) is 0 Å². The van der Waals surface area contributed by atoms with E-state index in [1.165, 1.54) is 14.2 Å². The van der Waals surface area contributed by atoms with Crippen LogP contribution in [-0.4, -0.2) is 45.7 Å². The van der Waals surface area contributed by atoms with Crippen molar-refractivity contribution in [2.45, 2.75) is 13.2 Å². The zero-order chi connectivity index (χ0) is 26.0. The third-order valence-corrected chi connectivity index (χ3v) is 6.79. The van der Waals surface area contributed by atoms with Gasteiger partial charge in [0.15, 0.2) is 5.52 Å². The van der Waals surface area contributed by atoms with Crippen molar-refractivity contribution in [2.24, 2.45) is 0 Å². The maximum atomic E-state index is 13.5. The molecule has 0 bridgehead atoms. The van der Waals surface area contributed by atoms with Crippen LogP contribution in [-0.2, 0) is 13.2 Å². The molecule has 4 rings (SSSR count). The Morgan fingerprint density at radius 1 is 0.632 bits per heavy atom. The first kappa shape index (κ1) is 29.1. The molecule has 0 heterocycles. The molecule has 4 aromatic rings. The minimum absolute atomic E-state index is 0. The van der Waals surface area contributed by atoms with Gasteiger partial charge in [-0.1, -0.05) is 60.7 Å². The average Bonchev–Trinajstić information content (AvgIpc) is 2.96. The summed E-state index contributed by atoms with van der Waals surface area (Å²) in [6.07, 6.45) is 0. The van der Waals surface area contributed by atoms with Crippen LogP contribution in [0.3, 0.4) is 0 Å². The van der Waals surface area contributed by atoms with E-state index in [2.05, 4.69) is 0 Å². The predicted octanol–water partition coefficient (Wildman–Crippen LogP) is 5.37. The van der Waals surface area contributed by atoms with Gasteiger partial charge in [0.1, 0.15) is 47.5 Å². The Labute approximate surface area is 237 Å². The molecule has 38 heavy (non-hydrogen) atoms. The molecule has 0 fully saturated rings. The van der Waals surface area contributed by atoms with Crippen molar-refractivity contribution >= 4 is 38.3 Å². The molecule has 6 nitrogen and oxygen atoms in total. The SMILES string of the molecule is COc1cc(OC)c(C(=O)Pc2ccc(OCc3ccccc3)cc2OCc2ccccc2)c(OC)c1.[LiH]. The monoisotopic (exact) mass is 524 g/mol. The van der Waals surface area contributed by atoms with Gasteiger partial charge in [-0.05, 0) is 31.8 Å². The number of rotatable bonds is 12. The van der Waals surface area contributed by atoms with E-state index < -0.39 is 0 Å². The number of carbonyl (C=O) groups excluding carboxylic acids is 1. The van der Waals surface area contributed by atoms with Crippen LogP contribution < -0.4 is 29.0 Å². The van der Waals surface area contributed by atoms with Gasteiger partial charge in [-0.25, -0.2) is 0 Å². The molecular weight excluding hydrogens is 494 g/mol. The van der Waals surface area contributed by atoms with Crippen LogP contribution in [0.25, 0.3) is 0 Å². The summed E-state index contributed by atoms with van der Waals surface area (Å²) in [5.41, 5.74) is 2.31. The fourth-order valence-electron chi connectivity index (χ4n) is 3.71. The van der Waals surface area contributed by atoms with Crippen LogP contribution in [0.15, 0.2) is 91.0 Å². The fraction of sp³-hybridized carbons (Fsp3) is 0.167. The minimum atomic E-state index is -0.231. The first-order chi connectivity index (χ1) is 18.1. The molecule has 0 N–H and O–H groups in total. The van der Waals surface area contributed by atoms with Gasteiger partial charge in [-0.2, -0.15) is 0 Å². The third-order valence-electron chi connectivity index (χ3n) is 5.63. The molecule has 4 aromatic carbocycles. The van der Waals surface area contributed by atoms with Gasteiger partial charge in [-0.3, -0.25) is 4.79 Å². The van der Waals surface area contributed by atoms with Crippen molar-refractivity contribution < 1.29 is 28.5 Å². The van der Waals surface area contributed by atoms with Crippen molar-refractivity contribution in [3.8, 4) is 28.7 Å². The Morgan fingerprint density at radius 2 is 1.16 bits per heavy atom. The zero-order valence-corrected chi connectivity index (χ0v) is 22.0. The third kappa shape index (κ3) is 7.55. The Bertz CT molecular complexity index is 1310. The standard InChI is InChI=1S/C30H29O6P.Li.H/c1-32-24-17-26(33-2)29(27(18-24)34-3)30(31)37-28-15-14-23(35-19-21-10-6-4-7-11-21)16-25(28)36-20-22-12-8-5-9-13-22;;/h4-18,37H,19-20H2,1-3H3;;. The second-order valence-corrected chi connectivity index (χ2v) is 9.31. The Morgan fingerprint density at radius 3 is 1.68 bits per heavy atom. The average molecular weight is 524 g/mol. The zero-order valence-electron chi connectivity index (χ0n) is 21.0. The van der Waals surface area contributed by atoms with Crippen LogP contribution in [0.4, 0.5) is 0 Å². The summed E-state index contributed by atoms with van der Waals surface area (Å²) in [5, 5.41) is 0.757. The van der Waals surface area contributed by atoms with Crippen LogP contribution >= 0.6 is 8.58 Å². The molecule has 0 saturated carbocycles. The first-order valence-electron chi connectivity index (χ1n) is 11.7. The van der Waals surface area contributed by atoms with E-state index in [0.29, 0.717) is 47.5 Å². The molecule has 0 saturated heterocycles. The van der Waals surface area contributed by atoms with E-state index in [1.54, 1.807) is 19.2 Å². The Balaban J connectivity index is 0.00000400. The maximum absolute atomic E-state index is 13.5. The summed E-state index contributed by atoms with van der Waals surface area (Å²) >= 11 is 0. The van der Waals surface area contributed by atoms with Crippen molar-refractivity contribution in [3.63, 3.8) is 0 Å². The number of methoxy groups -OCH3 is 3. The quantitative estimate of drug-likeness (QED) is 0.184. The molecule has 0 aliphatic rings. The van der Waals surface area contributed by atoms with Gasteiger partial charge in [0.25, 0.3) is 0 Å². The second-order valence-electron chi connectivity index (χ2n) is 8.07. The van der Waals surface area contributed by atoms with Gasteiger partial charge in [0.05, 0.1) is 21.3 Å². The van der Waals surface area contributed by atoms with E-state index in [-0.39, 0.29) is 33.0 Å². The summed E-state index contributed by atoms with van der Waals surface area (Å²) in [6.45, 7) is 0.795. The topological polar surface area (TPSA) is 63.2 Å². The van der Waals surface area contributed by atoms with Gasteiger partial charge in [0.2, 0.25) is 0 Å². The number of hydrogen-bond donors (Lipinski definition) is 0. The van der Waals surface area contributed by atoms with Crippen LogP contribution in [0.2, 0.25) is 0 Å². The molecule has 0 spiro atoms. The van der Waals surface area contributed by atoms with E-state index in [1.807, 2.05) is 78.9 Å². The summed E-state index contributed by atoms with van der Waals surface area (Å²) in [5.74, 6) is 2.58. The summed E-state index contributed by atoms with van der Waals surface area (Å²) in [7, 11) is 4.35. The molecular formula is C30H30LiO6P. The fourth-order valence-corrected chi connectivity index (χ4v) is 4.76. The van der Waals surface area contributed by atoms with Gasteiger partial charge in [0, 0.05) is 23.5 Å². The molecule has 192 valence electrons. The molecule has 0 aromatic heterocycles. The van der Waals surface area contributed by atoms with Crippen LogP contribution in [0.1, 0.15) is 21.5 Å². The Kier molecular flexibility index (Phi) is 11.1. The molecule has 1 unspecified atom stereocenters. The van der Waals surface area contributed by atoms with E-state index in [9.17, 15) is 4.79 Å². The van der Waals surface area contributed by atoms with Crippen molar-refractivity contribution in [2.75, 3.05) is 21.3 Å². The number of carbonyl (C=O) groups is 1.